The van der Waals surface area contributed by atoms with Gasteiger partial charge in [0, 0.05) is 38.9 Å². The highest BCUT2D eigenvalue weighted by Crippen LogP contribution is 2.27. The summed E-state index contributed by atoms with van der Waals surface area (Å²) in [4.78, 5) is 8.63. The van der Waals surface area contributed by atoms with Gasteiger partial charge in [0.25, 0.3) is 0 Å². The molecule has 1 aromatic rings. The van der Waals surface area contributed by atoms with Crippen molar-refractivity contribution in [2.45, 2.75) is 31.7 Å². The Morgan fingerprint density at radius 3 is 2.59 bits per heavy atom. The molecule has 0 saturated carbocycles. The monoisotopic (exact) mass is 307 g/mol. The van der Waals surface area contributed by atoms with E-state index in [-0.39, 0.29) is 0 Å². The van der Waals surface area contributed by atoms with Crippen molar-refractivity contribution in [3.05, 3.63) is 24.0 Å². The molecule has 3 heterocycles. The van der Waals surface area contributed by atoms with E-state index in [0.717, 1.165) is 26.1 Å². The lowest BCUT2D eigenvalue weighted by Crippen LogP contribution is -2.56. The first-order valence-electron chi connectivity index (χ1n) is 7.96. The van der Waals surface area contributed by atoms with Crippen LogP contribution < -0.4 is 4.90 Å². The van der Waals surface area contributed by atoms with Gasteiger partial charge in [-0.3, -0.25) is 9.88 Å². The maximum atomic E-state index is 9.79. The van der Waals surface area contributed by atoms with Crippen molar-refractivity contribution in [3.8, 4) is 0 Å². The molecule has 4 atom stereocenters. The van der Waals surface area contributed by atoms with Gasteiger partial charge in [-0.1, -0.05) is 0 Å². The molecule has 3 N–H and O–H groups in total. The predicted molar refractivity (Wildman–Crippen MR) is 83.8 cm³/mol. The molecule has 0 unspecified atom stereocenters. The molecule has 22 heavy (non-hydrogen) atoms. The molecule has 3 rings (SSSR count). The minimum absolute atomic E-state index is 0.431. The Hall–Kier alpha value is -1.21. The Labute approximate surface area is 131 Å². The molecule has 122 valence electrons. The van der Waals surface area contributed by atoms with E-state index in [4.69, 9.17) is 0 Å². The highest BCUT2D eigenvalue weighted by Gasteiger charge is 2.35. The number of rotatable bonds is 3. The summed E-state index contributed by atoms with van der Waals surface area (Å²) in [7, 11) is 0. The van der Waals surface area contributed by atoms with Crippen molar-refractivity contribution < 1.29 is 15.3 Å². The number of hydrogen-bond acceptors (Lipinski definition) is 6. The maximum absolute atomic E-state index is 9.79. The van der Waals surface area contributed by atoms with Crippen LogP contribution in [0.25, 0.3) is 0 Å². The number of hydrogen-bond donors (Lipinski definition) is 3. The predicted octanol–water partition coefficient (Wildman–Crippen LogP) is -0.385. The van der Waals surface area contributed by atoms with Crippen LogP contribution >= 0.6 is 0 Å². The number of pyridine rings is 1. The van der Waals surface area contributed by atoms with Crippen molar-refractivity contribution in [2.75, 3.05) is 37.6 Å². The molecule has 0 aliphatic carbocycles. The summed E-state index contributed by atoms with van der Waals surface area (Å²) in [5.41, 5.74) is 2.43. The summed E-state index contributed by atoms with van der Waals surface area (Å²) in [6, 6.07) is 2.03. The number of aryl methyl sites for hydroxylation is 1. The first-order valence-corrected chi connectivity index (χ1v) is 7.96. The second-order valence-electron chi connectivity index (χ2n) is 6.61. The number of likely N-dealkylation sites (tertiary alicyclic amines) is 1. The van der Waals surface area contributed by atoms with Gasteiger partial charge in [-0.25, -0.2) is 0 Å². The molecule has 6 nitrogen and oxygen atoms in total. The number of anilines is 1. The molecule has 1 aromatic heterocycles. The topological polar surface area (TPSA) is 80.1 Å². The lowest BCUT2D eigenvalue weighted by molar-refractivity contribution is -0.111. The van der Waals surface area contributed by atoms with Crippen LogP contribution in [0.5, 0.6) is 0 Å². The zero-order valence-electron chi connectivity index (χ0n) is 13.0. The zero-order valence-corrected chi connectivity index (χ0v) is 13.0. The molecule has 2 saturated heterocycles. The van der Waals surface area contributed by atoms with E-state index in [2.05, 4.69) is 21.7 Å². The number of β-amino-alcohol motifs (C(OH)–C–C–N with tert-alkyl or cyclic N) is 2. The average Bonchev–Trinajstić information content (AvgIpc) is 2.93. The lowest BCUT2D eigenvalue weighted by Gasteiger charge is -2.38. The van der Waals surface area contributed by atoms with Crippen LogP contribution in [0.15, 0.2) is 18.5 Å². The molecule has 0 radical (unpaired) electrons. The summed E-state index contributed by atoms with van der Waals surface area (Å²) in [5, 5.41) is 29.2. The van der Waals surface area contributed by atoms with Crippen LogP contribution in [0.3, 0.4) is 0 Å². The first kappa shape index (κ1) is 15.7. The SMILES string of the molecule is Cc1ccncc1N1CC[C@H](CN2C[C@@H](O)[C@H](O)[C@@H](O)C2)C1. The summed E-state index contributed by atoms with van der Waals surface area (Å²) < 4.78 is 0. The molecule has 2 aliphatic rings. The third-order valence-electron chi connectivity index (χ3n) is 4.83. The smallest absolute Gasteiger partial charge is 0.108 e. The lowest BCUT2D eigenvalue weighted by atomic mass is 10.00. The quantitative estimate of drug-likeness (QED) is 0.706. The molecule has 2 aliphatic heterocycles. The fraction of sp³-hybridized carbons (Fsp3) is 0.688. The molecular weight excluding hydrogens is 282 g/mol. The highest BCUT2D eigenvalue weighted by molar-refractivity contribution is 5.51. The first-order chi connectivity index (χ1) is 10.5. The minimum atomic E-state index is -1.02. The van der Waals surface area contributed by atoms with Crippen LogP contribution in [0.1, 0.15) is 12.0 Å². The van der Waals surface area contributed by atoms with E-state index in [1.54, 1.807) is 0 Å². The van der Waals surface area contributed by atoms with Gasteiger partial charge in [0.1, 0.15) is 6.10 Å². The zero-order chi connectivity index (χ0) is 15.7. The van der Waals surface area contributed by atoms with E-state index in [0.29, 0.717) is 19.0 Å². The molecule has 2 fully saturated rings. The Morgan fingerprint density at radius 2 is 1.91 bits per heavy atom. The third-order valence-corrected chi connectivity index (χ3v) is 4.83. The van der Waals surface area contributed by atoms with Gasteiger partial charge in [0.2, 0.25) is 0 Å². The normalized spacial score (nSPS) is 33.4. The number of aliphatic hydroxyl groups excluding tert-OH is 3. The van der Waals surface area contributed by atoms with Gasteiger partial charge < -0.3 is 20.2 Å². The van der Waals surface area contributed by atoms with Crippen molar-refractivity contribution in [1.29, 1.82) is 0 Å². The number of aromatic nitrogens is 1. The summed E-state index contributed by atoms with van der Waals surface area (Å²) >= 11 is 0. The van der Waals surface area contributed by atoms with E-state index < -0.39 is 18.3 Å². The molecule has 0 bridgehead atoms. The Kier molecular flexibility index (Phi) is 4.63. The van der Waals surface area contributed by atoms with Crippen molar-refractivity contribution in [1.82, 2.24) is 9.88 Å². The van der Waals surface area contributed by atoms with Crippen LogP contribution in [0.2, 0.25) is 0 Å². The van der Waals surface area contributed by atoms with E-state index in [1.807, 2.05) is 18.5 Å². The van der Waals surface area contributed by atoms with Gasteiger partial charge >= 0.3 is 0 Å². The second-order valence-corrected chi connectivity index (χ2v) is 6.61. The molecule has 6 heteroatoms. The van der Waals surface area contributed by atoms with Crippen LogP contribution in [-0.4, -0.2) is 76.2 Å². The Balaban J connectivity index is 1.56. The molecule has 0 aromatic carbocycles. The van der Waals surface area contributed by atoms with Crippen LogP contribution in [0, 0.1) is 12.8 Å². The average molecular weight is 307 g/mol. The van der Waals surface area contributed by atoms with Gasteiger partial charge in [-0.05, 0) is 30.9 Å². The van der Waals surface area contributed by atoms with Crippen LogP contribution in [-0.2, 0) is 0 Å². The van der Waals surface area contributed by atoms with E-state index in [1.165, 1.54) is 11.3 Å². The largest absolute Gasteiger partial charge is 0.389 e. The van der Waals surface area contributed by atoms with Crippen molar-refractivity contribution >= 4 is 5.69 Å². The second kappa shape index (κ2) is 6.50. The Bertz CT molecular complexity index is 501. The number of piperidine rings is 1. The van der Waals surface area contributed by atoms with Crippen molar-refractivity contribution in [3.63, 3.8) is 0 Å². The summed E-state index contributed by atoms with van der Waals surface area (Å²) in [6.07, 6.45) is 2.09. The van der Waals surface area contributed by atoms with E-state index in [9.17, 15) is 15.3 Å². The van der Waals surface area contributed by atoms with Gasteiger partial charge in [-0.2, -0.15) is 0 Å². The standard InChI is InChI=1S/C16H25N3O3/c1-11-2-4-17-6-13(11)19-5-3-12(8-19)7-18-9-14(20)16(22)15(21)10-18/h2,4,6,12,14-16,20-22H,3,5,7-10H2,1H3/t12-,14-,15+,16+/m1/s1. The van der Waals surface area contributed by atoms with Gasteiger partial charge in [-0.15, -0.1) is 0 Å². The molecule has 0 spiro atoms. The molecule has 0 amide bonds. The van der Waals surface area contributed by atoms with E-state index >= 15 is 0 Å². The summed E-state index contributed by atoms with van der Waals surface area (Å²) in [5.74, 6) is 0.509. The fourth-order valence-electron chi connectivity index (χ4n) is 3.58. The van der Waals surface area contributed by atoms with Gasteiger partial charge in [0.15, 0.2) is 0 Å². The number of aliphatic hydroxyl groups is 3. The number of nitrogens with zero attached hydrogens (tertiary/aromatic N) is 3. The fourth-order valence-corrected chi connectivity index (χ4v) is 3.58. The third kappa shape index (κ3) is 3.25. The van der Waals surface area contributed by atoms with Crippen LogP contribution in [0.4, 0.5) is 5.69 Å². The Morgan fingerprint density at radius 1 is 1.18 bits per heavy atom. The minimum Gasteiger partial charge on any atom is -0.389 e. The molecular formula is C16H25N3O3. The highest BCUT2D eigenvalue weighted by atomic mass is 16.4. The van der Waals surface area contributed by atoms with Gasteiger partial charge in [0.05, 0.1) is 24.1 Å². The maximum Gasteiger partial charge on any atom is 0.108 e. The van der Waals surface area contributed by atoms with Crippen molar-refractivity contribution in [2.24, 2.45) is 5.92 Å². The summed E-state index contributed by atoms with van der Waals surface area (Å²) in [6.45, 7) is 5.79.